The molecule has 4 rings (SSSR count). The summed E-state index contributed by atoms with van der Waals surface area (Å²) in [7, 11) is 0. The van der Waals surface area contributed by atoms with Gasteiger partial charge in [0.1, 0.15) is 12.4 Å². The van der Waals surface area contributed by atoms with Crippen LogP contribution in [0.5, 0.6) is 0 Å². The Morgan fingerprint density at radius 3 is 1.94 bits per heavy atom. The number of carboxylic acids is 1. The second kappa shape index (κ2) is 12.3. The summed E-state index contributed by atoms with van der Waals surface area (Å²) < 4.78 is 5.67. The molecule has 0 radical (unpaired) electrons. The number of carbonyl (C=O) groups is 3. The van der Waals surface area contributed by atoms with E-state index in [-0.39, 0.29) is 17.7 Å². The summed E-state index contributed by atoms with van der Waals surface area (Å²) >= 11 is 0. The second-order valence-corrected chi connectivity index (χ2v) is 10.5. The van der Waals surface area contributed by atoms with Gasteiger partial charge in [-0.15, -0.1) is 0 Å². The molecule has 5 nitrogen and oxygen atoms in total. The molecule has 0 aliphatic heterocycles. The van der Waals surface area contributed by atoms with Gasteiger partial charge in [0.05, 0.1) is 5.41 Å². The molecule has 2 aliphatic rings. The molecule has 1 fully saturated rings. The third-order valence-electron chi connectivity index (χ3n) is 8.11. The molecule has 192 valence electrons. The number of esters is 1. The molecule has 36 heavy (non-hydrogen) atoms. The van der Waals surface area contributed by atoms with Gasteiger partial charge in [-0.1, -0.05) is 80.6 Å². The van der Waals surface area contributed by atoms with Crippen LogP contribution in [-0.2, 0) is 19.1 Å². The number of ketones is 1. The zero-order chi connectivity index (χ0) is 25.4. The summed E-state index contributed by atoms with van der Waals surface area (Å²) in [5, 5.41) is 9.54. The predicted molar refractivity (Wildman–Crippen MR) is 140 cm³/mol. The van der Waals surface area contributed by atoms with E-state index in [0.29, 0.717) is 45.1 Å². The predicted octanol–water partition coefficient (Wildman–Crippen LogP) is 7.07. The zero-order valence-electron chi connectivity index (χ0n) is 21.2. The summed E-state index contributed by atoms with van der Waals surface area (Å²) in [5.41, 5.74) is 4.25. The summed E-state index contributed by atoms with van der Waals surface area (Å²) in [6, 6.07) is 16.7. The van der Waals surface area contributed by atoms with Crippen molar-refractivity contribution in [1.82, 2.24) is 0 Å². The lowest BCUT2D eigenvalue weighted by Crippen LogP contribution is -2.28. The first kappa shape index (κ1) is 26.1. The molecule has 0 spiro atoms. The molecule has 0 heterocycles. The number of hydrogen-bond donors (Lipinski definition) is 1. The Kier molecular flexibility index (Phi) is 8.95. The normalized spacial score (nSPS) is 15.9. The Morgan fingerprint density at radius 2 is 1.33 bits per heavy atom. The van der Waals surface area contributed by atoms with Gasteiger partial charge in [0.25, 0.3) is 0 Å². The number of carboxylic acid groups (broad SMARTS) is 1. The molecule has 0 atom stereocenters. The van der Waals surface area contributed by atoms with Gasteiger partial charge in [-0.05, 0) is 54.4 Å². The molecule has 0 saturated heterocycles. The van der Waals surface area contributed by atoms with Crippen LogP contribution < -0.4 is 0 Å². The number of unbranched alkanes of at least 4 members (excludes halogenated alkanes) is 4. The molecule has 2 aromatic carbocycles. The smallest absolute Gasteiger partial charge is 0.309 e. The van der Waals surface area contributed by atoms with Crippen molar-refractivity contribution in [2.45, 2.75) is 89.4 Å². The van der Waals surface area contributed by atoms with Gasteiger partial charge >= 0.3 is 11.9 Å². The van der Waals surface area contributed by atoms with E-state index in [1.807, 2.05) is 24.3 Å². The van der Waals surface area contributed by atoms with E-state index in [1.54, 1.807) is 0 Å². The Labute approximate surface area is 214 Å². The summed E-state index contributed by atoms with van der Waals surface area (Å²) in [4.78, 5) is 36.2. The van der Waals surface area contributed by atoms with Crippen LogP contribution >= 0.6 is 0 Å². The molecule has 0 aromatic heterocycles. The maximum atomic E-state index is 12.3. The lowest BCUT2D eigenvalue weighted by molar-refractivity contribution is -0.149. The molecule has 1 saturated carbocycles. The van der Waals surface area contributed by atoms with Gasteiger partial charge < -0.3 is 9.84 Å². The molecule has 0 unspecified atom stereocenters. The first-order valence-corrected chi connectivity index (χ1v) is 13.6. The molecule has 2 aliphatic carbocycles. The summed E-state index contributed by atoms with van der Waals surface area (Å²) in [5.74, 6) is -0.602. The number of Topliss-reactive ketones (excluding diaryl/α,β-unsaturated/α-hetero) is 1. The molecular formula is C31H38O5. The van der Waals surface area contributed by atoms with Crippen molar-refractivity contribution in [3.63, 3.8) is 0 Å². The zero-order valence-corrected chi connectivity index (χ0v) is 21.2. The van der Waals surface area contributed by atoms with E-state index in [1.165, 1.54) is 22.3 Å². The van der Waals surface area contributed by atoms with Gasteiger partial charge in [-0.2, -0.15) is 0 Å². The number of hydrogen-bond acceptors (Lipinski definition) is 4. The van der Waals surface area contributed by atoms with Crippen molar-refractivity contribution in [1.29, 1.82) is 0 Å². The van der Waals surface area contributed by atoms with Crippen LogP contribution in [0.1, 0.15) is 101 Å². The maximum Gasteiger partial charge on any atom is 0.309 e. The third-order valence-corrected chi connectivity index (χ3v) is 8.11. The Morgan fingerprint density at radius 1 is 0.778 bits per heavy atom. The van der Waals surface area contributed by atoms with Crippen LogP contribution in [-0.4, -0.2) is 29.4 Å². The highest BCUT2D eigenvalue weighted by Gasteiger charge is 2.41. The fourth-order valence-electron chi connectivity index (χ4n) is 5.94. The monoisotopic (exact) mass is 490 g/mol. The number of ether oxygens (including phenoxy) is 1. The highest BCUT2D eigenvalue weighted by atomic mass is 16.5. The van der Waals surface area contributed by atoms with Crippen molar-refractivity contribution in [2.24, 2.45) is 5.41 Å². The van der Waals surface area contributed by atoms with Gasteiger partial charge in [-0.25, -0.2) is 0 Å². The third kappa shape index (κ3) is 6.24. The topological polar surface area (TPSA) is 80.7 Å². The van der Waals surface area contributed by atoms with E-state index >= 15 is 0 Å². The first-order chi connectivity index (χ1) is 17.5. The standard InChI is InChI=1S/C31H38O5/c32-23(18-21-31(30(34)35)19-10-11-20-31)12-4-2-1-3-5-17-29(33)36-22-28-26-15-8-6-13-24(26)25-14-7-9-16-27(25)28/h6-9,13-16,28H,1-5,10-12,17-22H2,(H,34,35). The molecule has 1 N–H and O–H groups in total. The van der Waals surface area contributed by atoms with Gasteiger partial charge in [0.2, 0.25) is 0 Å². The lowest BCUT2D eigenvalue weighted by atomic mass is 9.81. The van der Waals surface area contributed by atoms with E-state index in [4.69, 9.17) is 4.74 Å². The summed E-state index contributed by atoms with van der Waals surface area (Å²) in [6.07, 6.45) is 9.68. The highest BCUT2D eigenvalue weighted by molar-refractivity contribution is 5.81. The SMILES string of the molecule is O=C(CCCCCCCC(=O)OCC1c2ccccc2-c2ccccc21)CCC1(C(=O)O)CCCC1. The fraction of sp³-hybridized carbons (Fsp3) is 0.516. The van der Waals surface area contributed by atoms with Crippen molar-refractivity contribution < 1.29 is 24.2 Å². The number of aliphatic carboxylic acids is 1. The molecule has 0 bridgehead atoms. The Bertz CT molecular complexity index is 1020. The number of carbonyl (C=O) groups excluding carboxylic acids is 2. The van der Waals surface area contributed by atoms with Crippen molar-refractivity contribution in [2.75, 3.05) is 6.61 Å². The summed E-state index contributed by atoms with van der Waals surface area (Å²) in [6.45, 7) is 0.373. The van der Waals surface area contributed by atoms with Crippen molar-refractivity contribution in [3.8, 4) is 11.1 Å². The molecule has 2 aromatic rings. The minimum Gasteiger partial charge on any atom is -0.481 e. The Hall–Kier alpha value is -2.95. The van der Waals surface area contributed by atoms with Crippen molar-refractivity contribution >= 4 is 17.7 Å². The quantitative estimate of drug-likeness (QED) is 0.226. The van der Waals surface area contributed by atoms with Crippen LogP contribution in [0.4, 0.5) is 0 Å². The van der Waals surface area contributed by atoms with E-state index in [9.17, 15) is 19.5 Å². The van der Waals surface area contributed by atoms with Crippen LogP contribution in [0.25, 0.3) is 11.1 Å². The van der Waals surface area contributed by atoms with Crippen LogP contribution in [0.15, 0.2) is 48.5 Å². The Balaban J connectivity index is 1.08. The van der Waals surface area contributed by atoms with E-state index < -0.39 is 11.4 Å². The largest absolute Gasteiger partial charge is 0.481 e. The van der Waals surface area contributed by atoms with Crippen LogP contribution in [0.2, 0.25) is 0 Å². The molecular weight excluding hydrogens is 452 g/mol. The average molecular weight is 491 g/mol. The van der Waals surface area contributed by atoms with Gasteiger partial charge in [0.15, 0.2) is 0 Å². The highest BCUT2D eigenvalue weighted by Crippen LogP contribution is 2.44. The van der Waals surface area contributed by atoms with E-state index in [0.717, 1.165) is 44.9 Å². The second-order valence-electron chi connectivity index (χ2n) is 10.5. The first-order valence-electron chi connectivity index (χ1n) is 13.6. The van der Waals surface area contributed by atoms with Crippen LogP contribution in [0.3, 0.4) is 0 Å². The number of fused-ring (bicyclic) bond motifs is 3. The minimum atomic E-state index is -0.732. The van der Waals surface area contributed by atoms with E-state index in [2.05, 4.69) is 24.3 Å². The number of rotatable bonds is 14. The van der Waals surface area contributed by atoms with Gasteiger partial charge in [-0.3, -0.25) is 14.4 Å². The maximum absolute atomic E-state index is 12.3. The minimum absolute atomic E-state index is 0.0953. The molecule has 0 amide bonds. The van der Waals surface area contributed by atoms with Crippen molar-refractivity contribution in [3.05, 3.63) is 59.7 Å². The fourth-order valence-corrected chi connectivity index (χ4v) is 5.94. The molecule has 5 heteroatoms. The van der Waals surface area contributed by atoms with Crippen LogP contribution in [0, 0.1) is 5.41 Å². The lowest BCUT2D eigenvalue weighted by Gasteiger charge is -2.23. The average Bonchev–Trinajstić information content (AvgIpc) is 3.50. The number of benzene rings is 2. The van der Waals surface area contributed by atoms with Gasteiger partial charge in [0, 0.05) is 25.2 Å².